The van der Waals surface area contributed by atoms with Crippen molar-refractivity contribution in [3.8, 4) is 5.75 Å². The molecule has 0 amide bonds. The normalized spacial score (nSPS) is 11.8. The predicted octanol–water partition coefficient (Wildman–Crippen LogP) is 1.26. The molecule has 0 spiro atoms. The van der Waals surface area contributed by atoms with Gasteiger partial charge < -0.3 is 15.6 Å². The minimum Gasteiger partial charge on any atom is -0.491 e. The highest BCUT2D eigenvalue weighted by molar-refractivity contribution is 5.85. The molecule has 1 atom stereocenters. The average molecular weight is 254 g/mol. The van der Waals surface area contributed by atoms with Crippen molar-refractivity contribution in [2.45, 2.75) is 12.5 Å². The van der Waals surface area contributed by atoms with Crippen LogP contribution in [0, 0.1) is 11.6 Å². The standard InChI is InChI=1S/C10H13F2NO2.ClH/c1-15-10-8(11)3-2-6(9(10)12)4-7(13)5-14;/h2-3,7,14H,4-5,13H2,1H3;1H. The average Bonchev–Trinajstić information content (AvgIpc) is 2.23. The monoisotopic (exact) mass is 253 g/mol. The summed E-state index contributed by atoms with van der Waals surface area (Å²) in [4.78, 5) is 0. The molecule has 1 rings (SSSR count). The van der Waals surface area contributed by atoms with Crippen molar-refractivity contribution in [1.29, 1.82) is 0 Å². The van der Waals surface area contributed by atoms with Gasteiger partial charge in [-0.05, 0) is 18.1 Å². The Balaban J connectivity index is 0.00000225. The number of methoxy groups -OCH3 is 1. The van der Waals surface area contributed by atoms with E-state index in [9.17, 15) is 8.78 Å². The quantitative estimate of drug-likeness (QED) is 0.849. The Hall–Kier alpha value is -0.910. The molecule has 0 bridgehead atoms. The van der Waals surface area contributed by atoms with Crippen molar-refractivity contribution in [1.82, 2.24) is 0 Å². The zero-order valence-corrected chi connectivity index (χ0v) is 9.56. The topological polar surface area (TPSA) is 55.5 Å². The molecule has 0 radical (unpaired) electrons. The van der Waals surface area contributed by atoms with Gasteiger partial charge in [0.25, 0.3) is 0 Å². The fraction of sp³-hybridized carbons (Fsp3) is 0.400. The van der Waals surface area contributed by atoms with Gasteiger partial charge in [-0.15, -0.1) is 12.4 Å². The highest BCUT2D eigenvalue weighted by atomic mass is 35.5. The zero-order chi connectivity index (χ0) is 11.4. The Morgan fingerprint density at radius 3 is 2.56 bits per heavy atom. The molecular weight excluding hydrogens is 240 g/mol. The van der Waals surface area contributed by atoms with Crippen LogP contribution < -0.4 is 10.5 Å². The van der Waals surface area contributed by atoms with Crippen LogP contribution in [0.5, 0.6) is 5.75 Å². The first-order chi connectivity index (χ1) is 7.10. The lowest BCUT2D eigenvalue weighted by Gasteiger charge is -2.11. The van der Waals surface area contributed by atoms with Crippen molar-refractivity contribution in [2.75, 3.05) is 13.7 Å². The smallest absolute Gasteiger partial charge is 0.190 e. The van der Waals surface area contributed by atoms with Gasteiger partial charge in [0.2, 0.25) is 0 Å². The number of nitrogens with two attached hydrogens (primary N) is 1. The molecule has 92 valence electrons. The number of aliphatic hydroxyl groups is 1. The maximum atomic E-state index is 13.5. The van der Waals surface area contributed by atoms with E-state index in [0.29, 0.717) is 0 Å². The zero-order valence-electron chi connectivity index (χ0n) is 8.74. The molecule has 0 fully saturated rings. The maximum absolute atomic E-state index is 13.5. The lowest BCUT2D eigenvalue weighted by atomic mass is 10.1. The van der Waals surface area contributed by atoms with E-state index in [1.807, 2.05) is 0 Å². The first kappa shape index (κ1) is 15.1. The molecule has 6 heteroatoms. The third-order valence-corrected chi connectivity index (χ3v) is 2.05. The molecule has 1 aromatic rings. The van der Waals surface area contributed by atoms with Crippen molar-refractivity contribution >= 4 is 12.4 Å². The van der Waals surface area contributed by atoms with Crippen LogP contribution in [0.2, 0.25) is 0 Å². The van der Waals surface area contributed by atoms with E-state index in [1.54, 1.807) is 0 Å². The summed E-state index contributed by atoms with van der Waals surface area (Å²) in [7, 11) is 1.19. The van der Waals surface area contributed by atoms with Gasteiger partial charge in [0.15, 0.2) is 17.4 Å². The number of halogens is 3. The number of aliphatic hydroxyl groups excluding tert-OH is 1. The third kappa shape index (κ3) is 3.30. The molecule has 0 aliphatic rings. The van der Waals surface area contributed by atoms with Gasteiger partial charge in [0.1, 0.15) is 0 Å². The Morgan fingerprint density at radius 1 is 1.44 bits per heavy atom. The first-order valence-electron chi connectivity index (χ1n) is 4.47. The number of benzene rings is 1. The molecule has 0 aliphatic carbocycles. The maximum Gasteiger partial charge on any atom is 0.190 e. The molecule has 0 aliphatic heterocycles. The van der Waals surface area contributed by atoms with Crippen LogP contribution in [-0.2, 0) is 6.42 Å². The van der Waals surface area contributed by atoms with E-state index >= 15 is 0 Å². The summed E-state index contributed by atoms with van der Waals surface area (Å²) in [6, 6.07) is 1.85. The van der Waals surface area contributed by atoms with E-state index < -0.39 is 23.4 Å². The summed E-state index contributed by atoms with van der Waals surface area (Å²) in [5.41, 5.74) is 5.68. The summed E-state index contributed by atoms with van der Waals surface area (Å²) in [6.45, 7) is -0.251. The van der Waals surface area contributed by atoms with Crippen molar-refractivity contribution in [3.63, 3.8) is 0 Å². The fourth-order valence-corrected chi connectivity index (χ4v) is 1.27. The second kappa shape index (κ2) is 6.62. The van der Waals surface area contributed by atoms with Crippen molar-refractivity contribution < 1.29 is 18.6 Å². The summed E-state index contributed by atoms with van der Waals surface area (Å²) in [6.07, 6.45) is 0.138. The molecule has 0 saturated carbocycles. The van der Waals surface area contributed by atoms with Gasteiger partial charge in [-0.25, -0.2) is 8.78 Å². The summed E-state index contributed by atoms with van der Waals surface area (Å²) in [5, 5.41) is 8.72. The van der Waals surface area contributed by atoms with Gasteiger partial charge in [0, 0.05) is 6.04 Å². The number of hydrogen-bond donors (Lipinski definition) is 2. The third-order valence-electron chi connectivity index (χ3n) is 2.05. The van der Waals surface area contributed by atoms with Crippen LogP contribution >= 0.6 is 12.4 Å². The second-order valence-corrected chi connectivity index (χ2v) is 3.20. The minimum absolute atomic E-state index is 0. The van der Waals surface area contributed by atoms with Crippen molar-refractivity contribution in [2.24, 2.45) is 5.73 Å². The Labute approximate surface area is 98.6 Å². The largest absolute Gasteiger partial charge is 0.491 e. The Bertz CT molecular complexity index is 350. The number of hydrogen-bond acceptors (Lipinski definition) is 3. The summed E-state index contributed by atoms with van der Waals surface area (Å²) in [5.74, 6) is -1.93. The van der Waals surface area contributed by atoms with Crippen molar-refractivity contribution in [3.05, 3.63) is 29.3 Å². The SMILES string of the molecule is COc1c(F)ccc(CC(N)CO)c1F.Cl. The molecule has 16 heavy (non-hydrogen) atoms. The molecule has 0 aromatic heterocycles. The van der Waals surface area contributed by atoms with Crippen LogP contribution in [0.15, 0.2) is 12.1 Å². The molecule has 3 N–H and O–H groups in total. The van der Waals surface area contributed by atoms with Gasteiger partial charge in [-0.2, -0.15) is 0 Å². The number of ether oxygens (including phenoxy) is 1. The number of rotatable bonds is 4. The van der Waals surface area contributed by atoms with Crippen LogP contribution in [0.4, 0.5) is 8.78 Å². The first-order valence-corrected chi connectivity index (χ1v) is 4.47. The molecular formula is C10H14ClF2NO2. The molecule has 0 saturated heterocycles. The van der Waals surface area contributed by atoms with Crippen LogP contribution in [0.3, 0.4) is 0 Å². The molecule has 1 unspecified atom stereocenters. The van der Waals surface area contributed by atoms with Gasteiger partial charge in [-0.3, -0.25) is 0 Å². The Morgan fingerprint density at radius 2 is 2.06 bits per heavy atom. The second-order valence-electron chi connectivity index (χ2n) is 3.20. The lowest BCUT2D eigenvalue weighted by Crippen LogP contribution is -2.27. The van der Waals surface area contributed by atoms with Gasteiger partial charge >= 0.3 is 0 Å². The summed E-state index contributed by atoms with van der Waals surface area (Å²) < 4.78 is 31.1. The van der Waals surface area contributed by atoms with Crippen LogP contribution in [-0.4, -0.2) is 24.9 Å². The van der Waals surface area contributed by atoms with E-state index in [4.69, 9.17) is 10.8 Å². The summed E-state index contributed by atoms with van der Waals surface area (Å²) >= 11 is 0. The highest BCUT2D eigenvalue weighted by Gasteiger charge is 2.15. The van der Waals surface area contributed by atoms with E-state index in [0.717, 1.165) is 6.07 Å². The lowest BCUT2D eigenvalue weighted by molar-refractivity contribution is 0.264. The van der Waals surface area contributed by atoms with E-state index in [1.165, 1.54) is 13.2 Å². The van der Waals surface area contributed by atoms with E-state index in [2.05, 4.69) is 4.74 Å². The highest BCUT2D eigenvalue weighted by Crippen LogP contribution is 2.24. The van der Waals surface area contributed by atoms with Gasteiger partial charge in [0.05, 0.1) is 13.7 Å². The molecule has 1 aromatic carbocycles. The predicted molar refractivity (Wildman–Crippen MR) is 58.9 cm³/mol. The Kier molecular flexibility index (Phi) is 6.25. The van der Waals surface area contributed by atoms with E-state index in [-0.39, 0.29) is 31.0 Å². The molecule has 0 heterocycles. The van der Waals surface area contributed by atoms with Crippen LogP contribution in [0.1, 0.15) is 5.56 Å². The minimum atomic E-state index is -0.763. The molecule has 3 nitrogen and oxygen atoms in total. The van der Waals surface area contributed by atoms with Gasteiger partial charge in [-0.1, -0.05) is 6.07 Å². The fourth-order valence-electron chi connectivity index (χ4n) is 1.27. The van der Waals surface area contributed by atoms with Crippen LogP contribution in [0.25, 0.3) is 0 Å².